The zero-order chi connectivity index (χ0) is 16.5. The molecule has 1 aromatic carbocycles. The molecule has 1 aliphatic rings. The van der Waals surface area contributed by atoms with Crippen molar-refractivity contribution in [2.75, 3.05) is 39.4 Å². The fraction of sp³-hybridized carbons (Fsp3) is 0.667. The first-order valence-corrected chi connectivity index (χ1v) is 8.71. The average Bonchev–Trinajstić information content (AvgIpc) is 3.02. The van der Waals surface area contributed by atoms with E-state index in [0.717, 1.165) is 24.6 Å². The smallest absolute Gasteiger partial charge is 0.119 e. The third kappa shape index (κ3) is 6.01. The Morgan fingerprint density at radius 1 is 1.22 bits per heavy atom. The first kappa shape index (κ1) is 18.0. The number of hydrogen-bond acceptors (Lipinski definition) is 5. The Morgan fingerprint density at radius 3 is 2.57 bits per heavy atom. The molecule has 5 heteroatoms. The Hall–Kier alpha value is -1.30. The van der Waals surface area contributed by atoms with Crippen molar-refractivity contribution in [1.82, 2.24) is 10.2 Å². The lowest BCUT2D eigenvalue weighted by molar-refractivity contribution is 0.104. The van der Waals surface area contributed by atoms with Crippen LogP contribution in [0.25, 0.3) is 0 Å². The number of likely N-dealkylation sites (tertiary alicyclic amines) is 1. The molecule has 130 valence electrons. The van der Waals surface area contributed by atoms with E-state index in [9.17, 15) is 5.11 Å². The second kappa shape index (κ2) is 9.75. The summed E-state index contributed by atoms with van der Waals surface area (Å²) >= 11 is 0. The number of aliphatic hydroxyl groups excluding tert-OH is 1. The Kier molecular flexibility index (Phi) is 7.65. The summed E-state index contributed by atoms with van der Waals surface area (Å²) in [5, 5.41) is 13.4. The highest BCUT2D eigenvalue weighted by Gasteiger charge is 2.22. The number of rotatable bonds is 10. The van der Waals surface area contributed by atoms with Gasteiger partial charge in [0.2, 0.25) is 0 Å². The van der Waals surface area contributed by atoms with Gasteiger partial charge in [-0.05, 0) is 57.1 Å². The quantitative estimate of drug-likeness (QED) is 0.689. The van der Waals surface area contributed by atoms with Crippen molar-refractivity contribution in [3.05, 3.63) is 24.3 Å². The van der Waals surface area contributed by atoms with Gasteiger partial charge in [0.25, 0.3) is 0 Å². The third-order valence-electron chi connectivity index (χ3n) is 4.24. The van der Waals surface area contributed by atoms with Crippen LogP contribution in [0.1, 0.15) is 26.7 Å². The van der Waals surface area contributed by atoms with Gasteiger partial charge in [-0.15, -0.1) is 0 Å². The Labute approximate surface area is 139 Å². The highest BCUT2D eigenvalue weighted by Crippen LogP contribution is 2.18. The molecule has 0 spiro atoms. The Morgan fingerprint density at radius 2 is 1.91 bits per heavy atom. The summed E-state index contributed by atoms with van der Waals surface area (Å²) < 4.78 is 11.0. The van der Waals surface area contributed by atoms with E-state index < -0.39 is 6.10 Å². The molecule has 1 fully saturated rings. The van der Waals surface area contributed by atoms with Crippen LogP contribution in [0.5, 0.6) is 11.5 Å². The summed E-state index contributed by atoms with van der Waals surface area (Å²) in [6.45, 7) is 8.92. The van der Waals surface area contributed by atoms with Crippen LogP contribution < -0.4 is 14.8 Å². The van der Waals surface area contributed by atoms with Crippen LogP contribution in [0.3, 0.4) is 0 Å². The van der Waals surface area contributed by atoms with Crippen LogP contribution in [-0.4, -0.2) is 61.5 Å². The van der Waals surface area contributed by atoms with Gasteiger partial charge in [0, 0.05) is 19.1 Å². The Balaban J connectivity index is 1.62. The number of hydrogen-bond donors (Lipinski definition) is 2. The number of benzene rings is 1. The lowest BCUT2D eigenvalue weighted by Crippen LogP contribution is -2.41. The summed E-state index contributed by atoms with van der Waals surface area (Å²) in [5.41, 5.74) is 0. The standard InChI is InChI=1S/C18H30N2O3/c1-3-20-11-5-6-15(20)12-19-13-16(21)14-23-18-9-7-17(8-10-18)22-4-2/h7-10,15-16,19,21H,3-6,11-14H2,1-2H3/t15-,16-/m0/s1. The molecule has 0 bridgehead atoms. The largest absolute Gasteiger partial charge is 0.494 e. The summed E-state index contributed by atoms with van der Waals surface area (Å²) in [7, 11) is 0. The molecular weight excluding hydrogens is 292 g/mol. The maximum absolute atomic E-state index is 10.0. The van der Waals surface area contributed by atoms with E-state index in [1.165, 1.54) is 19.4 Å². The number of aliphatic hydroxyl groups is 1. The predicted molar refractivity (Wildman–Crippen MR) is 92.3 cm³/mol. The van der Waals surface area contributed by atoms with Crippen molar-refractivity contribution in [3.63, 3.8) is 0 Å². The van der Waals surface area contributed by atoms with Crippen LogP contribution in [0.4, 0.5) is 0 Å². The average molecular weight is 322 g/mol. The number of ether oxygens (including phenoxy) is 2. The van der Waals surface area contributed by atoms with Crippen molar-refractivity contribution in [3.8, 4) is 11.5 Å². The molecule has 0 unspecified atom stereocenters. The molecule has 23 heavy (non-hydrogen) atoms. The van der Waals surface area contributed by atoms with Crippen LogP contribution >= 0.6 is 0 Å². The maximum Gasteiger partial charge on any atom is 0.119 e. The van der Waals surface area contributed by atoms with Gasteiger partial charge >= 0.3 is 0 Å². The van der Waals surface area contributed by atoms with Gasteiger partial charge < -0.3 is 19.9 Å². The monoisotopic (exact) mass is 322 g/mol. The zero-order valence-electron chi connectivity index (χ0n) is 14.3. The molecule has 1 saturated heterocycles. The van der Waals surface area contributed by atoms with Crippen molar-refractivity contribution < 1.29 is 14.6 Å². The molecule has 2 N–H and O–H groups in total. The molecule has 2 atom stereocenters. The van der Waals surface area contributed by atoms with Crippen LogP contribution in [0.2, 0.25) is 0 Å². The van der Waals surface area contributed by atoms with Crippen molar-refractivity contribution in [2.24, 2.45) is 0 Å². The molecule has 0 aliphatic carbocycles. The normalized spacial score (nSPS) is 19.7. The fourth-order valence-electron chi connectivity index (χ4n) is 3.01. The second-order valence-electron chi connectivity index (χ2n) is 5.95. The van der Waals surface area contributed by atoms with E-state index in [1.807, 2.05) is 31.2 Å². The summed E-state index contributed by atoms with van der Waals surface area (Å²) in [5.74, 6) is 1.58. The molecule has 2 rings (SSSR count). The molecule has 1 heterocycles. The van der Waals surface area contributed by atoms with Gasteiger partial charge in [-0.25, -0.2) is 0 Å². The molecule has 0 radical (unpaired) electrons. The number of likely N-dealkylation sites (N-methyl/N-ethyl adjacent to an activating group) is 1. The van der Waals surface area contributed by atoms with Gasteiger partial charge in [0.1, 0.15) is 24.2 Å². The first-order valence-electron chi connectivity index (χ1n) is 8.71. The van der Waals surface area contributed by atoms with E-state index in [2.05, 4.69) is 17.1 Å². The van der Waals surface area contributed by atoms with Crippen molar-refractivity contribution in [1.29, 1.82) is 0 Å². The predicted octanol–water partition coefficient (Wildman–Crippen LogP) is 1.90. The zero-order valence-corrected chi connectivity index (χ0v) is 14.3. The van der Waals surface area contributed by atoms with Gasteiger partial charge in [-0.2, -0.15) is 0 Å². The number of nitrogens with zero attached hydrogens (tertiary/aromatic N) is 1. The molecular formula is C18H30N2O3. The molecule has 0 amide bonds. The topological polar surface area (TPSA) is 54.0 Å². The Bertz CT molecular complexity index is 438. The molecule has 0 aromatic heterocycles. The van der Waals surface area contributed by atoms with E-state index in [1.54, 1.807) is 0 Å². The third-order valence-corrected chi connectivity index (χ3v) is 4.24. The van der Waals surface area contributed by atoms with Gasteiger partial charge in [0.05, 0.1) is 6.61 Å². The summed E-state index contributed by atoms with van der Waals surface area (Å²) in [6, 6.07) is 8.09. The van der Waals surface area contributed by atoms with Crippen LogP contribution in [0, 0.1) is 0 Å². The first-order chi connectivity index (χ1) is 11.2. The van der Waals surface area contributed by atoms with Gasteiger partial charge in [-0.3, -0.25) is 4.90 Å². The highest BCUT2D eigenvalue weighted by molar-refractivity contribution is 5.31. The van der Waals surface area contributed by atoms with Gasteiger partial charge in [0.15, 0.2) is 0 Å². The van der Waals surface area contributed by atoms with Crippen LogP contribution in [0.15, 0.2) is 24.3 Å². The van der Waals surface area contributed by atoms with E-state index in [0.29, 0.717) is 25.8 Å². The van der Waals surface area contributed by atoms with Crippen molar-refractivity contribution >= 4 is 0 Å². The molecule has 5 nitrogen and oxygen atoms in total. The molecule has 0 saturated carbocycles. The molecule has 1 aliphatic heterocycles. The van der Waals surface area contributed by atoms with E-state index in [4.69, 9.17) is 9.47 Å². The minimum absolute atomic E-state index is 0.295. The minimum Gasteiger partial charge on any atom is -0.494 e. The molecule has 1 aromatic rings. The summed E-state index contributed by atoms with van der Waals surface area (Å²) in [4.78, 5) is 2.50. The SMILES string of the molecule is CCOc1ccc(OC[C@@H](O)CNC[C@@H]2CCCN2CC)cc1. The lowest BCUT2D eigenvalue weighted by atomic mass is 10.2. The van der Waals surface area contributed by atoms with Crippen molar-refractivity contribution in [2.45, 2.75) is 38.8 Å². The van der Waals surface area contributed by atoms with E-state index in [-0.39, 0.29) is 0 Å². The van der Waals surface area contributed by atoms with E-state index >= 15 is 0 Å². The second-order valence-corrected chi connectivity index (χ2v) is 5.95. The maximum atomic E-state index is 10.0. The number of nitrogens with one attached hydrogen (secondary N) is 1. The highest BCUT2D eigenvalue weighted by atomic mass is 16.5. The van der Waals surface area contributed by atoms with Crippen LogP contribution in [-0.2, 0) is 0 Å². The summed E-state index contributed by atoms with van der Waals surface area (Å²) in [6.07, 6.45) is 2.03. The lowest BCUT2D eigenvalue weighted by Gasteiger charge is -2.23. The fourth-order valence-corrected chi connectivity index (χ4v) is 3.01. The minimum atomic E-state index is -0.502. The van der Waals surface area contributed by atoms with Gasteiger partial charge in [-0.1, -0.05) is 6.92 Å².